The number of halogens is 1. The highest BCUT2D eigenvalue weighted by Gasteiger charge is 2.31. The van der Waals surface area contributed by atoms with Crippen LogP contribution in [0.2, 0.25) is 0 Å². The Bertz CT molecular complexity index is 856. The predicted octanol–water partition coefficient (Wildman–Crippen LogP) is 2.97. The molecule has 1 saturated heterocycles. The Hall–Kier alpha value is -1.22. The Morgan fingerprint density at radius 2 is 1.75 bits per heavy atom. The average molecular weight is 429 g/mol. The van der Waals surface area contributed by atoms with Crippen LogP contribution in [0.3, 0.4) is 0 Å². The van der Waals surface area contributed by atoms with Crippen LogP contribution >= 0.6 is 27.3 Å². The zero-order chi connectivity index (χ0) is 17.3. The number of carbonyl (C=O) groups excluding carboxylic acids is 1. The van der Waals surface area contributed by atoms with Crippen molar-refractivity contribution in [2.24, 2.45) is 0 Å². The molecule has 1 aliphatic heterocycles. The van der Waals surface area contributed by atoms with E-state index in [1.54, 1.807) is 17.0 Å². The van der Waals surface area contributed by atoms with Gasteiger partial charge in [0.25, 0.3) is 15.9 Å². The molecule has 0 aliphatic carbocycles. The number of piperazine rings is 1. The van der Waals surface area contributed by atoms with Gasteiger partial charge >= 0.3 is 0 Å². The third kappa shape index (κ3) is 3.42. The molecular formula is C16H17BrN2O3S2. The molecule has 5 nitrogen and oxygen atoms in total. The van der Waals surface area contributed by atoms with E-state index in [-0.39, 0.29) is 5.91 Å². The van der Waals surface area contributed by atoms with Crippen LogP contribution in [0.4, 0.5) is 0 Å². The smallest absolute Gasteiger partial charge is 0.254 e. The Morgan fingerprint density at radius 3 is 2.33 bits per heavy atom. The van der Waals surface area contributed by atoms with Crippen LogP contribution in [-0.4, -0.2) is 49.7 Å². The largest absolute Gasteiger partial charge is 0.336 e. The number of rotatable bonds is 3. The summed E-state index contributed by atoms with van der Waals surface area (Å²) in [5, 5.41) is 0. The zero-order valence-electron chi connectivity index (χ0n) is 13.1. The van der Waals surface area contributed by atoms with Gasteiger partial charge in [0, 0.05) is 31.7 Å². The van der Waals surface area contributed by atoms with Gasteiger partial charge in [-0.3, -0.25) is 4.79 Å². The quantitative estimate of drug-likeness (QED) is 0.754. The van der Waals surface area contributed by atoms with Crippen molar-refractivity contribution < 1.29 is 13.2 Å². The summed E-state index contributed by atoms with van der Waals surface area (Å²) in [5.74, 6) is -0.0379. The lowest BCUT2D eigenvalue weighted by molar-refractivity contribution is 0.0697. The van der Waals surface area contributed by atoms with Crippen molar-refractivity contribution in [2.75, 3.05) is 26.2 Å². The first-order chi connectivity index (χ1) is 11.4. The Kier molecular flexibility index (Phi) is 5.10. The molecule has 3 rings (SSSR count). The van der Waals surface area contributed by atoms with E-state index in [9.17, 15) is 13.2 Å². The molecule has 0 spiro atoms. The molecule has 1 fully saturated rings. The van der Waals surface area contributed by atoms with Crippen LogP contribution in [0.1, 0.15) is 15.9 Å². The fourth-order valence-electron chi connectivity index (χ4n) is 2.68. The molecule has 1 aliphatic rings. The van der Waals surface area contributed by atoms with Gasteiger partial charge in [-0.2, -0.15) is 4.31 Å². The average Bonchev–Trinajstić information content (AvgIpc) is 3.02. The lowest BCUT2D eigenvalue weighted by atomic mass is 10.1. The number of nitrogens with zero attached hydrogens (tertiary/aromatic N) is 2. The van der Waals surface area contributed by atoms with E-state index < -0.39 is 10.0 Å². The third-order valence-electron chi connectivity index (χ3n) is 4.04. The van der Waals surface area contributed by atoms with Crippen molar-refractivity contribution in [3.63, 3.8) is 0 Å². The SMILES string of the molecule is Cc1ccccc1C(=O)N1CCN(S(=O)(=O)c2ccc(Br)s2)CC1. The standard InChI is InChI=1S/C16H17BrN2O3S2/c1-12-4-2-3-5-13(12)16(20)18-8-10-19(11-9-18)24(21,22)15-7-6-14(17)23-15/h2-7H,8-11H2,1H3. The van der Waals surface area contributed by atoms with Gasteiger partial charge in [0.1, 0.15) is 4.21 Å². The summed E-state index contributed by atoms with van der Waals surface area (Å²) in [6, 6.07) is 10.8. The number of benzene rings is 1. The molecule has 1 amide bonds. The van der Waals surface area contributed by atoms with Crippen molar-refractivity contribution in [2.45, 2.75) is 11.1 Å². The van der Waals surface area contributed by atoms with Crippen molar-refractivity contribution in [1.29, 1.82) is 0 Å². The zero-order valence-corrected chi connectivity index (χ0v) is 16.3. The van der Waals surface area contributed by atoms with Gasteiger partial charge in [-0.15, -0.1) is 11.3 Å². The van der Waals surface area contributed by atoms with E-state index in [1.165, 1.54) is 15.6 Å². The minimum atomic E-state index is -3.48. The molecule has 1 aromatic heterocycles. The van der Waals surface area contributed by atoms with Crippen molar-refractivity contribution >= 4 is 43.2 Å². The fraction of sp³-hybridized carbons (Fsp3) is 0.312. The Labute approximate surface area is 154 Å². The highest BCUT2D eigenvalue weighted by molar-refractivity contribution is 9.11. The van der Waals surface area contributed by atoms with Crippen LogP contribution < -0.4 is 0 Å². The first kappa shape index (κ1) is 17.6. The van der Waals surface area contributed by atoms with Gasteiger partial charge in [-0.25, -0.2) is 8.42 Å². The second kappa shape index (κ2) is 6.95. The molecule has 128 valence electrons. The highest BCUT2D eigenvalue weighted by atomic mass is 79.9. The van der Waals surface area contributed by atoms with Crippen LogP contribution in [0.5, 0.6) is 0 Å². The molecule has 2 aromatic rings. The maximum absolute atomic E-state index is 12.6. The molecule has 0 unspecified atom stereocenters. The maximum Gasteiger partial charge on any atom is 0.254 e. The van der Waals surface area contributed by atoms with E-state index in [2.05, 4.69) is 15.9 Å². The van der Waals surface area contributed by atoms with Gasteiger partial charge in [0.05, 0.1) is 3.79 Å². The van der Waals surface area contributed by atoms with Gasteiger partial charge in [0.2, 0.25) is 0 Å². The molecule has 2 heterocycles. The lowest BCUT2D eigenvalue weighted by Gasteiger charge is -2.34. The van der Waals surface area contributed by atoms with E-state index in [4.69, 9.17) is 0 Å². The highest BCUT2D eigenvalue weighted by Crippen LogP contribution is 2.29. The number of hydrogen-bond acceptors (Lipinski definition) is 4. The summed E-state index contributed by atoms with van der Waals surface area (Å²) < 4.78 is 27.8. The summed E-state index contributed by atoms with van der Waals surface area (Å²) in [7, 11) is -3.48. The van der Waals surface area contributed by atoms with Crippen LogP contribution in [-0.2, 0) is 10.0 Å². The Morgan fingerprint density at radius 1 is 1.08 bits per heavy atom. The second-order valence-electron chi connectivity index (χ2n) is 5.57. The monoisotopic (exact) mass is 428 g/mol. The molecule has 8 heteroatoms. The molecule has 24 heavy (non-hydrogen) atoms. The van der Waals surface area contributed by atoms with Gasteiger partial charge < -0.3 is 4.90 Å². The molecule has 0 bridgehead atoms. The summed E-state index contributed by atoms with van der Waals surface area (Å²) in [5.41, 5.74) is 1.61. The summed E-state index contributed by atoms with van der Waals surface area (Å²) in [6.45, 7) is 3.34. The van der Waals surface area contributed by atoms with Crippen LogP contribution in [0.15, 0.2) is 44.4 Å². The maximum atomic E-state index is 12.6. The number of aryl methyl sites for hydroxylation is 1. The number of carbonyl (C=O) groups is 1. The summed E-state index contributed by atoms with van der Waals surface area (Å²) in [4.78, 5) is 14.3. The third-order valence-corrected chi connectivity index (χ3v) is 8.03. The van der Waals surface area contributed by atoms with Crippen LogP contribution in [0.25, 0.3) is 0 Å². The molecule has 0 N–H and O–H groups in total. The van der Waals surface area contributed by atoms with Gasteiger partial charge in [0.15, 0.2) is 0 Å². The summed E-state index contributed by atoms with van der Waals surface area (Å²) in [6.07, 6.45) is 0. The molecule has 0 saturated carbocycles. The van der Waals surface area contributed by atoms with E-state index in [1.807, 2.05) is 31.2 Å². The van der Waals surface area contributed by atoms with Crippen LogP contribution in [0, 0.1) is 6.92 Å². The molecular weight excluding hydrogens is 412 g/mol. The van der Waals surface area contributed by atoms with Gasteiger partial charge in [-0.1, -0.05) is 18.2 Å². The first-order valence-electron chi connectivity index (χ1n) is 7.50. The van der Waals surface area contributed by atoms with Crippen molar-refractivity contribution in [1.82, 2.24) is 9.21 Å². The number of hydrogen-bond donors (Lipinski definition) is 0. The first-order valence-corrected chi connectivity index (χ1v) is 10.5. The topological polar surface area (TPSA) is 57.7 Å². The molecule has 1 aromatic carbocycles. The molecule has 0 radical (unpaired) electrons. The van der Waals surface area contributed by atoms with Crippen molar-refractivity contribution in [3.8, 4) is 0 Å². The van der Waals surface area contributed by atoms with E-state index in [0.29, 0.717) is 36.0 Å². The minimum absolute atomic E-state index is 0.0379. The van der Waals surface area contributed by atoms with E-state index in [0.717, 1.165) is 9.35 Å². The Balaban J connectivity index is 1.70. The number of amides is 1. The lowest BCUT2D eigenvalue weighted by Crippen LogP contribution is -2.50. The van der Waals surface area contributed by atoms with Crippen molar-refractivity contribution in [3.05, 3.63) is 51.3 Å². The minimum Gasteiger partial charge on any atom is -0.336 e. The summed E-state index contributed by atoms with van der Waals surface area (Å²) >= 11 is 4.49. The fourth-order valence-corrected chi connectivity index (χ4v) is 6.26. The number of sulfonamides is 1. The van der Waals surface area contributed by atoms with Gasteiger partial charge in [-0.05, 0) is 46.6 Å². The number of thiophene rings is 1. The van der Waals surface area contributed by atoms with E-state index >= 15 is 0 Å². The molecule has 0 atom stereocenters. The predicted molar refractivity (Wildman–Crippen MR) is 97.9 cm³/mol. The second-order valence-corrected chi connectivity index (χ2v) is 10.2. The normalized spacial score (nSPS) is 16.3.